The molecule has 3 rings (SSSR count). The molecular weight excluding hydrogens is 313 g/mol. The van der Waals surface area contributed by atoms with Crippen LogP contribution >= 0.6 is 24.0 Å². The number of rotatable bonds is 2. The Morgan fingerprint density at radius 2 is 2.29 bits per heavy atom. The van der Waals surface area contributed by atoms with Crippen LogP contribution in [0.25, 0.3) is 10.9 Å². The second-order valence-electron chi connectivity index (χ2n) is 5.32. The Hall–Kier alpha value is -1.14. The third-order valence-electron chi connectivity index (χ3n) is 3.72. The van der Waals surface area contributed by atoms with Crippen LogP contribution in [0.3, 0.4) is 0 Å². The molecule has 2 N–H and O–H groups in total. The van der Waals surface area contributed by atoms with Gasteiger partial charge in [-0.2, -0.15) is 0 Å². The summed E-state index contributed by atoms with van der Waals surface area (Å²) in [6, 6.07) is 5.19. The van der Waals surface area contributed by atoms with Crippen molar-refractivity contribution in [3.63, 3.8) is 0 Å². The summed E-state index contributed by atoms with van der Waals surface area (Å²) in [6.45, 7) is 1.62. The van der Waals surface area contributed by atoms with E-state index in [2.05, 4.69) is 10.3 Å². The predicted molar refractivity (Wildman–Crippen MR) is 85.3 cm³/mol. The van der Waals surface area contributed by atoms with Crippen molar-refractivity contribution in [2.45, 2.75) is 25.0 Å². The number of nitrogens with zero attached hydrogens (tertiary/aromatic N) is 2. The molecule has 2 heterocycles. The Labute approximate surface area is 133 Å². The summed E-state index contributed by atoms with van der Waals surface area (Å²) in [5, 5.41) is 14.5. The monoisotopic (exact) mass is 329 g/mol. The first-order valence-electron chi connectivity index (χ1n) is 6.66. The minimum Gasteiger partial charge on any atom is -0.387 e. The first kappa shape index (κ1) is 16.2. The topological polar surface area (TPSA) is 67.2 Å². The van der Waals surface area contributed by atoms with Crippen LogP contribution in [-0.4, -0.2) is 33.3 Å². The minimum absolute atomic E-state index is 0. The van der Waals surface area contributed by atoms with Crippen molar-refractivity contribution in [1.82, 2.24) is 14.9 Å². The molecule has 2 aromatic rings. The van der Waals surface area contributed by atoms with Gasteiger partial charge in [-0.3, -0.25) is 9.36 Å². The lowest BCUT2D eigenvalue weighted by Crippen LogP contribution is -2.49. The zero-order valence-corrected chi connectivity index (χ0v) is 13.0. The maximum atomic E-state index is 12.5. The lowest BCUT2D eigenvalue weighted by molar-refractivity contribution is -0.000247. The number of β-amino-alcohol motifs (C(OH)–C–C–N with tert-alkyl or cyclic N) is 1. The highest BCUT2D eigenvalue weighted by Crippen LogP contribution is 2.20. The molecule has 1 saturated heterocycles. The molecule has 5 nitrogen and oxygen atoms in total. The molecule has 0 radical (unpaired) electrons. The molecule has 1 aromatic heterocycles. The van der Waals surface area contributed by atoms with Crippen molar-refractivity contribution in [3.8, 4) is 0 Å². The van der Waals surface area contributed by atoms with Crippen LogP contribution in [0.2, 0.25) is 5.02 Å². The van der Waals surface area contributed by atoms with Gasteiger partial charge in [-0.25, -0.2) is 4.98 Å². The van der Waals surface area contributed by atoms with Crippen molar-refractivity contribution in [2.24, 2.45) is 0 Å². The van der Waals surface area contributed by atoms with Crippen molar-refractivity contribution in [1.29, 1.82) is 0 Å². The molecule has 1 aromatic carbocycles. The molecule has 0 bridgehead atoms. The zero-order chi connectivity index (χ0) is 14.2. The third-order valence-corrected chi connectivity index (χ3v) is 4.03. The number of hydrogen-bond acceptors (Lipinski definition) is 4. The maximum Gasteiger partial charge on any atom is 0.262 e. The van der Waals surface area contributed by atoms with Gasteiger partial charge in [0.15, 0.2) is 0 Å². The SMILES string of the molecule is Cl.O=c1c2c(Cl)cccc2ncn1CC1(O)CCCNC1. The van der Waals surface area contributed by atoms with Gasteiger partial charge in [0.2, 0.25) is 0 Å². The first-order valence-corrected chi connectivity index (χ1v) is 7.04. The van der Waals surface area contributed by atoms with Crippen LogP contribution in [0.15, 0.2) is 29.3 Å². The number of aliphatic hydroxyl groups is 1. The van der Waals surface area contributed by atoms with Crippen molar-refractivity contribution in [3.05, 3.63) is 39.9 Å². The fourth-order valence-corrected chi connectivity index (χ4v) is 2.93. The molecule has 1 aliphatic heterocycles. The minimum atomic E-state index is -0.904. The van der Waals surface area contributed by atoms with E-state index in [9.17, 15) is 9.90 Å². The van der Waals surface area contributed by atoms with E-state index in [1.807, 2.05) is 0 Å². The summed E-state index contributed by atoms with van der Waals surface area (Å²) in [7, 11) is 0. The van der Waals surface area contributed by atoms with Gasteiger partial charge < -0.3 is 10.4 Å². The molecule has 21 heavy (non-hydrogen) atoms. The first-order chi connectivity index (χ1) is 9.59. The van der Waals surface area contributed by atoms with Crippen LogP contribution in [0.1, 0.15) is 12.8 Å². The lowest BCUT2D eigenvalue weighted by atomic mass is 9.94. The molecule has 1 aliphatic rings. The highest BCUT2D eigenvalue weighted by molar-refractivity contribution is 6.35. The average molecular weight is 330 g/mol. The number of benzene rings is 1. The van der Waals surface area contributed by atoms with Crippen molar-refractivity contribution >= 4 is 34.9 Å². The lowest BCUT2D eigenvalue weighted by Gasteiger charge is -2.32. The van der Waals surface area contributed by atoms with E-state index < -0.39 is 5.60 Å². The molecule has 0 saturated carbocycles. The van der Waals surface area contributed by atoms with Gasteiger partial charge in [-0.15, -0.1) is 12.4 Å². The van der Waals surface area contributed by atoms with E-state index in [1.54, 1.807) is 18.2 Å². The fraction of sp³-hybridized carbons (Fsp3) is 0.429. The van der Waals surface area contributed by atoms with E-state index in [0.29, 0.717) is 28.9 Å². The van der Waals surface area contributed by atoms with Gasteiger partial charge in [0.25, 0.3) is 5.56 Å². The Kier molecular flexibility index (Phi) is 4.88. The summed E-state index contributed by atoms with van der Waals surface area (Å²) in [4.78, 5) is 16.7. The Morgan fingerprint density at radius 3 is 3.00 bits per heavy atom. The van der Waals surface area contributed by atoms with Gasteiger partial charge in [0, 0.05) is 6.54 Å². The number of halogens is 2. The second kappa shape index (κ2) is 6.32. The second-order valence-corrected chi connectivity index (χ2v) is 5.72. The average Bonchev–Trinajstić information content (AvgIpc) is 2.43. The molecule has 0 spiro atoms. The summed E-state index contributed by atoms with van der Waals surface area (Å²) >= 11 is 6.08. The largest absolute Gasteiger partial charge is 0.387 e. The number of nitrogens with one attached hydrogen (secondary N) is 1. The highest BCUT2D eigenvalue weighted by atomic mass is 35.5. The third kappa shape index (κ3) is 3.21. The van der Waals surface area contributed by atoms with Crippen molar-refractivity contribution in [2.75, 3.05) is 13.1 Å². The van der Waals surface area contributed by atoms with Crippen LogP contribution in [0, 0.1) is 0 Å². The van der Waals surface area contributed by atoms with Crippen molar-refractivity contribution < 1.29 is 5.11 Å². The van der Waals surface area contributed by atoms with Gasteiger partial charge in [0.1, 0.15) is 0 Å². The molecule has 1 fully saturated rings. The van der Waals surface area contributed by atoms with E-state index in [4.69, 9.17) is 11.6 Å². The Morgan fingerprint density at radius 1 is 1.48 bits per heavy atom. The predicted octanol–water partition coefficient (Wildman–Crippen LogP) is 1.59. The fourth-order valence-electron chi connectivity index (χ4n) is 2.68. The normalized spacial score (nSPS) is 22.0. The van der Waals surface area contributed by atoms with Crippen LogP contribution in [0.4, 0.5) is 0 Å². The molecule has 0 amide bonds. The summed E-state index contributed by atoms with van der Waals surface area (Å²) in [5.74, 6) is 0. The number of aromatic nitrogens is 2. The van der Waals surface area contributed by atoms with E-state index in [-0.39, 0.29) is 24.5 Å². The number of piperidine rings is 1. The summed E-state index contributed by atoms with van der Waals surface area (Å²) < 4.78 is 1.45. The van der Waals surface area contributed by atoms with E-state index >= 15 is 0 Å². The molecule has 1 atom stereocenters. The van der Waals surface area contributed by atoms with Gasteiger partial charge in [-0.1, -0.05) is 17.7 Å². The number of hydrogen-bond donors (Lipinski definition) is 2. The van der Waals surface area contributed by atoms with Gasteiger partial charge >= 0.3 is 0 Å². The smallest absolute Gasteiger partial charge is 0.262 e. The zero-order valence-electron chi connectivity index (χ0n) is 11.4. The quantitative estimate of drug-likeness (QED) is 0.878. The van der Waals surface area contributed by atoms with E-state index in [1.165, 1.54) is 10.9 Å². The summed E-state index contributed by atoms with van der Waals surface area (Å²) in [6.07, 6.45) is 3.05. The summed E-state index contributed by atoms with van der Waals surface area (Å²) in [5.41, 5.74) is -0.536. The van der Waals surface area contributed by atoms with E-state index in [0.717, 1.165) is 13.0 Å². The Balaban J connectivity index is 0.00000161. The van der Waals surface area contributed by atoms with Gasteiger partial charge in [0.05, 0.1) is 34.4 Å². The molecular formula is C14H17Cl2N3O2. The van der Waals surface area contributed by atoms with Crippen LogP contribution in [-0.2, 0) is 6.54 Å². The standard InChI is InChI=1S/C14H16ClN3O2.ClH/c15-10-3-1-4-11-12(10)13(19)18(9-17-11)8-14(20)5-2-6-16-7-14;/h1,3-4,9,16,20H,2,5-8H2;1H. The maximum absolute atomic E-state index is 12.5. The Bertz CT molecular complexity index is 696. The molecule has 1 unspecified atom stereocenters. The van der Waals surface area contributed by atoms with Crippen LogP contribution in [0.5, 0.6) is 0 Å². The number of fused-ring (bicyclic) bond motifs is 1. The molecule has 114 valence electrons. The van der Waals surface area contributed by atoms with Gasteiger partial charge in [-0.05, 0) is 31.5 Å². The highest BCUT2D eigenvalue weighted by Gasteiger charge is 2.30. The molecule has 0 aliphatic carbocycles. The molecule has 7 heteroatoms. The van der Waals surface area contributed by atoms with Crippen LogP contribution < -0.4 is 10.9 Å².